The molecule has 0 radical (unpaired) electrons. The molecule has 1 unspecified atom stereocenters. The van der Waals surface area contributed by atoms with E-state index in [4.69, 9.17) is 9.47 Å². The van der Waals surface area contributed by atoms with E-state index < -0.39 is 5.92 Å². The van der Waals surface area contributed by atoms with Crippen LogP contribution in [-0.2, 0) is 16.1 Å². The number of fused-ring (bicyclic) bond motifs is 2. The molecule has 1 aromatic heterocycles. The molecule has 3 aromatic rings. The predicted molar refractivity (Wildman–Crippen MR) is 101 cm³/mol. The number of aromatic nitrogens is 2. The number of hydrogen-bond donors (Lipinski definition) is 2. The number of carbonyl (C=O) groups is 2. The lowest BCUT2D eigenvalue weighted by Crippen LogP contribution is -2.32. The number of hydrogen-bond acceptors (Lipinski definition) is 5. The van der Waals surface area contributed by atoms with E-state index >= 15 is 0 Å². The van der Waals surface area contributed by atoms with Gasteiger partial charge >= 0.3 is 0 Å². The van der Waals surface area contributed by atoms with Crippen LogP contribution in [0, 0.1) is 5.92 Å². The van der Waals surface area contributed by atoms with Gasteiger partial charge in [0.1, 0.15) is 0 Å². The number of H-pyrrole nitrogens is 1. The second kappa shape index (κ2) is 6.56. The minimum atomic E-state index is -0.406. The van der Waals surface area contributed by atoms with Gasteiger partial charge in [-0.05, 0) is 29.8 Å². The van der Waals surface area contributed by atoms with Gasteiger partial charge in [0.15, 0.2) is 17.3 Å². The summed E-state index contributed by atoms with van der Waals surface area (Å²) in [7, 11) is 0. The van der Waals surface area contributed by atoms with Crippen LogP contribution in [0.15, 0.2) is 42.5 Å². The van der Waals surface area contributed by atoms with E-state index in [0.29, 0.717) is 30.4 Å². The van der Waals surface area contributed by atoms with E-state index in [1.165, 1.54) is 0 Å². The van der Waals surface area contributed by atoms with Crippen molar-refractivity contribution in [3.05, 3.63) is 48.0 Å². The van der Waals surface area contributed by atoms with Crippen molar-refractivity contribution >= 4 is 28.5 Å². The zero-order chi connectivity index (χ0) is 19.1. The first-order chi connectivity index (χ1) is 13.7. The lowest BCUT2D eigenvalue weighted by molar-refractivity contribution is -0.126. The standard InChI is InChI=1S/C20H18N4O4/c25-18-8-13(10-24(18)19-14-3-1-2-4-15(14)22-23-19)20(26)21-9-12-5-6-16-17(7-12)28-11-27-16/h1-7,13H,8-11H2,(H,21,26)(H,22,23). The third-order valence-electron chi connectivity index (χ3n) is 5.11. The van der Waals surface area contributed by atoms with Gasteiger partial charge in [-0.2, -0.15) is 5.10 Å². The van der Waals surface area contributed by atoms with E-state index in [-0.39, 0.29) is 25.0 Å². The molecule has 2 N–H and O–H groups in total. The summed E-state index contributed by atoms with van der Waals surface area (Å²) in [5.74, 6) is 1.32. The van der Waals surface area contributed by atoms with Gasteiger partial charge in [0, 0.05) is 24.9 Å². The average molecular weight is 378 g/mol. The Labute approximate surface area is 160 Å². The molecule has 8 nitrogen and oxygen atoms in total. The number of nitrogens with one attached hydrogen (secondary N) is 2. The normalized spacial score (nSPS) is 18.1. The van der Waals surface area contributed by atoms with Crippen LogP contribution >= 0.6 is 0 Å². The zero-order valence-corrected chi connectivity index (χ0v) is 15.0. The molecule has 2 aliphatic rings. The van der Waals surface area contributed by atoms with Gasteiger partial charge in [0.2, 0.25) is 18.6 Å². The van der Waals surface area contributed by atoms with E-state index in [1.54, 1.807) is 4.90 Å². The molecule has 1 fully saturated rings. The quantitative estimate of drug-likeness (QED) is 0.723. The molecule has 2 amide bonds. The Balaban J connectivity index is 1.26. The van der Waals surface area contributed by atoms with E-state index in [9.17, 15) is 9.59 Å². The summed E-state index contributed by atoms with van der Waals surface area (Å²) in [6.45, 7) is 0.902. The topological polar surface area (TPSA) is 96.5 Å². The fourth-order valence-corrected chi connectivity index (χ4v) is 3.63. The highest BCUT2D eigenvalue weighted by Crippen LogP contribution is 2.33. The first kappa shape index (κ1) is 16.6. The Morgan fingerprint density at radius 3 is 3.00 bits per heavy atom. The first-order valence-corrected chi connectivity index (χ1v) is 9.09. The summed E-state index contributed by atoms with van der Waals surface area (Å²) < 4.78 is 10.6. The number of carbonyl (C=O) groups excluding carboxylic acids is 2. The third-order valence-corrected chi connectivity index (χ3v) is 5.11. The van der Waals surface area contributed by atoms with Crippen LogP contribution in [0.1, 0.15) is 12.0 Å². The van der Waals surface area contributed by atoms with Crippen molar-refractivity contribution in [2.75, 3.05) is 18.2 Å². The van der Waals surface area contributed by atoms with Crippen LogP contribution in [0.2, 0.25) is 0 Å². The Kier molecular flexibility index (Phi) is 3.89. The monoisotopic (exact) mass is 378 g/mol. The van der Waals surface area contributed by atoms with Crippen molar-refractivity contribution in [2.45, 2.75) is 13.0 Å². The number of benzene rings is 2. The summed E-state index contributed by atoms with van der Waals surface area (Å²) >= 11 is 0. The van der Waals surface area contributed by atoms with Crippen LogP contribution in [0.3, 0.4) is 0 Å². The molecule has 8 heteroatoms. The van der Waals surface area contributed by atoms with Gasteiger partial charge in [0.25, 0.3) is 0 Å². The van der Waals surface area contributed by atoms with Crippen molar-refractivity contribution in [1.29, 1.82) is 0 Å². The van der Waals surface area contributed by atoms with Crippen molar-refractivity contribution in [3.63, 3.8) is 0 Å². The number of ether oxygens (including phenoxy) is 2. The largest absolute Gasteiger partial charge is 0.454 e. The number of anilines is 1. The number of rotatable bonds is 4. The van der Waals surface area contributed by atoms with Crippen LogP contribution in [-0.4, -0.2) is 35.3 Å². The molecule has 2 aliphatic heterocycles. The molecule has 3 heterocycles. The smallest absolute Gasteiger partial charge is 0.231 e. The molecule has 0 spiro atoms. The van der Waals surface area contributed by atoms with Gasteiger partial charge in [-0.3, -0.25) is 19.6 Å². The maximum atomic E-state index is 12.6. The molecule has 0 saturated carbocycles. The lowest BCUT2D eigenvalue weighted by atomic mass is 10.1. The van der Waals surface area contributed by atoms with Gasteiger partial charge in [0.05, 0.1) is 11.4 Å². The second-order valence-electron chi connectivity index (χ2n) is 6.90. The maximum Gasteiger partial charge on any atom is 0.231 e. The molecule has 5 rings (SSSR count). The number of amides is 2. The SMILES string of the molecule is O=C(NCc1ccc2c(c1)OCO2)C1CC(=O)N(c2n[nH]c3ccccc23)C1. The summed E-state index contributed by atoms with van der Waals surface area (Å²) in [6.07, 6.45) is 0.175. The van der Waals surface area contributed by atoms with Crippen LogP contribution in [0.5, 0.6) is 11.5 Å². The van der Waals surface area contributed by atoms with Crippen molar-refractivity contribution < 1.29 is 19.1 Å². The Bertz CT molecular complexity index is 1080. The fraction of sp³-hybridized carbons (Fsp3) is 0.250. The van der Waals surface area contributed by atoms with E-state index in [1.807, 2.05) is 42.5 Å². The second-order valence-corrected chi connectivity index (χ2v) is 6.90. The van der Waals surface area contributed by atoms with Crippen LogP contribution in [0.25, 0.3) is 10.9 Å². The summed E-state index contributed by atoms with van der Waals surface area (Å²) in [5, 5.41) is 11.0. The average Bonchev–Trinajstić information content (AvgIpc) is 3.43. The van der Waals surface area contributed by atoms with Gasteiger partial charge in [-0.1, -0.05) is 18.2 Å². The highest BCUT2D eigenvalue weighted by Gasteiger charge is 2.36. The Hall–Kier alpha value is -3.55. The van der Waals surface area contributed by atoms with Gasteiger partial charge < -0.3 is 14.8 Å². The molecule has 1 saturated heterocycles. The molecule has 0 bridgehead atoms. The molecule has 2 aromatic carbocycles. The summed E-state index contributed by atoms with van der Waals surface area (Å²) in [5.41, 5.74) is 1.78. The molecular formula is C20H18N4O4. The maximum absolute atomic E-state index is 12.6. The predicted octanol–water partition coefficient (Wildman–Crippen LogP) is 1.96. The first-order valence-electron chi connectivity index (χ1n) is 9.09. The lowest BCUT2D eigenvalue weighted by Gasteiger charge is -2.14. The van der Waals surface area contributed by atoms with E-state index in [2.05, 4.69) is 15.5 Å². The molecule has 0 aliphatic carbocycles. The number of aromatic amines is 1. The van der Waals surface area contributed by atoms with Gasteiger partial charge in [-0.25, -0.2) is 0 Å². The van der Waals surface area contributed by atoms with Crippen molar-refractivity contribution in [1.82, 2.24) is 15.5 Å². The number of para-hydroxylation sites is 1. The molecule has 142 valence electrons. The van der Waals surface area contributed by atoms with Crippen molar-refractivity contribution in [2.24, 2.45) is 5.92 Å². The molecule has 28 heavy (non-hydrogen) atoms. The highest BCUT2D eigenvalue weighted by atomic mass is 16.7. The van der Waals surface area contributed by atoms with Crippen molar-refractivity contribution in [3.8, 4) is 11.5 Å². The minimum Gasteiger partial charge on any atom is -0.454 e. The number of nitrogens with zero attached hydrogens (tertiary/aromatic N) is 2. The molecular weight excluding hydrogens is 360 g/mol. The third kappa shape index (κ3) is 2.83. The fourth-order valence-electron chi connectivity index (χ4n) is 3.63. The van der Waals surface area contributed by atoms with Crippen LogP contribution < -0.4 is 19.7 Å². The summed E-state index contributed by atoms with van der Waals surface area (Å²) in [4.78, 5) is 26.7. The zero-order valence-electron chi connectivity index (χ0n) is 15.0. The Morgan fingerprint density at radius 2 is 2.07 bits per heavy atom. The summed E-state index contributed by atoms with van der Waals surface area (Å²) in [6, 6.07) is 13.2. The van der Waals surface area contributed by atoms with Crippen LogP contribution in [0.4, 0.5) is 5.82 Å². The Morgan fingerprint density at radius 1 is 1.21 bits per heavy atom. The highest BCUT2D eigenvalue weighted by molar-refractivity contribution is 6.05. The molecule has 1 atom stereocenters. The van der Waals surface area contributed by atoms with Gasteiger partial charge in [-0.15, -0.1) is 0 Å². The minimum absolute atomic E-state index is 0.0968. The van der Waals surface area contributed by atoms with E-state index in [0.717, 1.165) is 16.5 Å².